The molecule has 0 bridgehead atoms. The van der Waals surface area contributed by atoms with E-state index in [1.54, 1.807) is 64.7 Å². The number of nitrogens with one attached hydrogen (secondary N) is 1. The number of ether oxygens (including phenoxy) is 1. The van der Waals surface area contributed by atoms with Gasteiger partial charge in [0.05, 0.1) is 16.4 Å². The zero-order chi connectivity index (χ0) is 21.8. The third-order valence-electron chi connectivity index (χ3n) is 4.70. The van der Waals surface area contributed by atoms with Crippen LogP contribution >= 0.6 is 11.3 Å². The molecule has 0 unspecified atom stereocenters. The van der Waals surface area contributed by atoms with Gasteiger partial charge in [-0.1, -0.05) is 12.1 Å². The highest BCUT2D eigenvalue weighted by molar-refractivity contribution is 7.09. The Bertz CT molecular complexity index is 1220. The summed E-state index contributed by atoms with van der Waals surface area (Å²) in [5, 5.41) is 5.75. The molecule has 31 heavy (non-hydrogen) atoms. The van der Waals surface area contributed by atoms with Gasteiger partial charge in [-0.25, -0.2) is 14.4 Å². The first-order chi connectivity index (χ1) is 15.0. The van der Waals surface area contributed by atoms with Gasteiger partial charge in [0.15, 0.2) is 0 Å². The van der Waals surface area contributed by atoms with Gasteiger partial charge in [-0.05, 0) is 49.7 Å². The van der Waals surface area contributed by atoms with E-state index in [4.69, 9.17) is 4.74 Å². The van der Waals surface area contributed by atoms with Crippen LogP contribution in [0, 0.1) is 19.7 Å². The molecule has 4 rings (SSSR count). The molecule has 0 spiro atoms. The Labute approximate surface area is 183 Å². The second-order valence-corrected chi connectivity index (χ2v) is 8.05. The van der Waals surface area contributed by atoms with E-state index >= 15 is 0 Å². The third kappa shape index (κ3) is 4.97. The number of aromatic nitrogens is 3. The highest BCUT2D eigenvalue weighted by Crippen LogP contribution is 2.18. The van der Waals surface area contributed by atoms with Crippen molar-refractivity contribution in [1.29, 1.82) is 0 Å². The molecule has 2 aromatic carbocycles. The Morgan fingerprint density at radius 2 is 2.10 bits per heavy atom. The quantitative estimate of drug-likeness (QED) is 0.460. The lowest BCUT2D eigenvalue weighted by atomic mass is 10.1. The summed E-state index contributed by atoms with van der Waals surface area (Å²) >= 11 is 1.57. The smallest absolute Gasteiger partial charge is 0.251 e. The molecule has 2 aromatic heterocycles. The summed E-state index contributed by atoms with van der Waals surface area (Å²) in [6.45, 7) is 4.31. The number of halogens is 1. The van der Waals surface area contributed by atoms with E-state index in [2.05, 4.69) is 15.3 Å². The van der Waals surface area contributed by atoms with Gasteiger partial charge < -0.3 is 14.6 Å². The van der Waals surface area contributed by atoms with Crippen molar-refractivity contribution in [2.75, 3.05) is 0 Å². The van der Waals surface area contributed by atoms with Crippen LogP contribution in [0.1, 0.15) is 32.4 Å². The number of nitrogens with zero attached hydrogens (tertiary/aromatic N) is 3. The Hall–Kier alpha value is -3.52. The number of aryl methyl sites for hydroxylation is 2. The minimum absolute atomic E-state index is 0.210. The minimum Gasteiger partial charge on any atom is -0.487 e. The summed E-state index contributed by atoms with van der Waals surface area (Å²) in [6, 6.07) is 11.8. The molecule has 1 N–H and O–H groups in total. The van der Waals surface area contributed by atoms with Crippen molar-refractivity contribution >= 4 is 17.2 Å². The van der Waals surface area contributed by atoms with Crippen molar-refractivity contribution < 1.29 is 13.9 Å². The number of carbonyl (C=O) groups excluding carboxylic acids is 1. The molecule has 0 aliphatic rings. The fourth-order valence-electron chi connectivity index (χ4n) is 3.13. The zero-order valence-electron chi connectivity index (χ0n) is 17.1. The van der Waals surface area contributed by atoms with Crippen LogP contribution in [0.15, 0.2) is 60.2 Å². The van der Waals surface area contributed by atoms with Crippen molar-refractivity contribution in [3.63, 3.8) is 0 Å². The van der Waals surface area contributed by atoms with E-state index in [0.29, 0.717) is 35.0 Å². The number of rotatable bonds is 7. The molecule has 8 heteroatoms. The lowest BCUT2D eigenvalue weighted by Crippen LogP contribution is -2.22. The van der Waals surface area contributed by atoms with Gasteiger partial charge in [-0.3, -0.25) is 4.79 Å². The SMILES string of the molecule is Cc1nc(COc2cccc(C(=O)NCc3ccc(-n4ccnc4C)c(F)c3)c2)cs1. The molecule has 0 saturated heterocycles. The summed E-state index contributed by atoms with van der Waals surface area (Å²) in [5.41, 5.74) is 2.41. The van der Waals surface area contributed by atoms with E-state index in [9.17, 15) is 9.18 Å². The van der Waals surface area contributed by atoms with Crippen LogP contribution in [-0.2, 0) is 13.2 Å². The maximum absolute atomic E-state index is 14.5. The maximum atomic E-state index is 14.5. The minimum atomic E-state index is -0.375. The molecular formula is C23H21FN4O2S. The summed E-state index contributed by atoms with van der Waals surface area (Å²) in [7, 11) is 0. The first-order valence-electron chi connectivity index (χ1n) is 9.70. The molecular weight excluding hydrogens is 415 g/mol. The number of hydrogen-bond acceptors (Lipinski definition) is 5. The average Bonchev–Trinajstić information content (AvgIpc) is 3.38. The van der Waals surface area contributed by atoms with Crippen LogP contribution in [-0.4, -0.2) is 20.4 Å². The second kappa shape index (κ2) is 9.09. The largest absolute Gasteiger partial charge is 0.487 e. The van der Waals surface area contributed by atoms with Crippen LogP contribution < -0.4 is 10.1 Å². The number of amides is 1. The number of hydrogen-bond donors (Lipinski definition) is 1. The summed E-state index contributed by atoms with van der Waals surface area (Å²) < 4.78 is 22.0. The molecule has 0 radical (unpaired) electrons. The van der Waals surface area contributed by atoms with Gasteiger partial charge in [0.25, 0.3) is 5.91 Å². The van der Waals surface area contributed by atoms with Crippen molar-refractivity contribution in [3.05, 3.63) is 93.7 Å². The van der Waals surface area contributed by atoms with Crippen molar-refractivity contribution in [2.24, 2.45) is 0 Å². The zero-order valence-corrected chi connectivity index (χ0v) is 17.9. The maximum Gasteiger partial charge on any atom is 0.251 e. The fraction of sp³-hybridized carbons (Fsp3) is 0.174. The molecule has 4 aromatic rings. The van der Waals surface area contributed by atoms with Crippen LogP contribution in [0.25, 0.3) is 5.69 Å². The second-order valence-electron chi connectivity index (χ2n) is 6.99. The molecule has 0 aliphatic carbocycles. The van der Waals surface area contributed by atoms with Gasteiger partial charge in [-0.2, -0.15) is 0 Å². The van der Waals surface area contributed by atoms with Gasteiger partial charge in [-0.15, -0.1) is 11.3 Å². The molecule has 0 aliphatic heterocycles. The lowest BCUT2D eigenvalue weighted by Gasteiger charge is -2.10. The van der Waals surface area contributed by atoms with Crippen molar-refractivity contribution in [3.8, 4) is 11.4 Å². The Morgan fingerprint density at radius 1 is 1.23 bits per heavy atom. The number of thiazole rings is 1. The Balaban J connectivity index is 1.37. The number of imidazole rings is 1. The van der Waals surface area contributed by atoms with Crippen molar-refractivity contribution in [1.82, 2.24) is 19.9 Å². The molecule has 2 heterocycles. The van der Waals surface area contributed by atoms with Gasteiger partial charge in [0.2, 0.25) is 0 Å². The number of carbonyl (C=O) groups is 1. The normalized spacial score (nSPS) is 10.8. The first-order valence-corrected chi connectivity index (χ1v) is 10.6. The number of benzene rings is 2. The molecule has 0 fully saturated rings. The van der Waals surface area contributed by atoms with E-state index in [0.717, 1.165) is 10.7 Å². The van der Waals surface area contributed by atoms with E-state index < -0.39 is 0 Å². The van der Waals surface area contributed by atoms with E-state index in [1.165, 1.54) is 6.07 Å². The first kappa shape index (κ1) is 20.7. The summed E-state index contributed by atoms with van der Waals surface area (Å²) in [6.07, 6.45) is 3.33. The Morgan fingerprint density at radius 3 is 2.81 bits per heavy atom. The molecule has 6 nitrogen and oxygen atoms in total. The van der Waals surface area contributed by atoms with Gasteiger partial charge in [0.1, 0.15) is 24.0 Å². The summed E-state index contributed by atoms with van der Waals surface area (Å²) in [4.78, 5) is 21.0. The van der Waals surface area contributed by atoms with Crippen LogP contribution in [0.4, 0.5) is 4.39 Å². The highest BCUT2D eigenvalue weighted by atomic mass is 32.1. The lowest BCUT2D eigenvalue weighted by molar-refractivity contribution is 0.0950. The summed E-state index contributed by atoms with van der Waals surface area (Å²) in [5.74, 6) is 0.654. The monoisotopic (exact) mass is 436 g/mol. The van der Waals surface area contributed by atoms with Gasteiger partial charge in [0, 0.05) is 29.9 Å². The molecule has 0 saturated carbocycles. The molecule has 0 atom stereocenters. The highest BCUT2D eigenvalue weighted by Gasteiger charge is 2.10. The average molecular weight is 437 g/mol. The fourth-order valence-corrected chi connectivity index (χ4v) is 3.73. The predicted octanol–water partition coefficient (Wildman–Crippen LogP) is 4.59. The molecule has 158 valence electrons. The van der Waals surface area contributed by atoms with E-state index in [-0.39, 0.29) is 18.3 Å². The van der Waals surface area contributed by atoms with Crippen LogP contribution in [0.2, 0.25) is 0 Å². The third-order valence-corrected chi connectivity index (χ3v) is 5.52. The topological polar surface area (TPSA) is 69.0 Å². The predicted molar refractivity (Wildman–Crippen MR) is 117 cm³/mol. The van der Waals surface area contributed by atoms with E-state index in [1.807, 2.05) is 19.2 Å². The Kier molecular flexibility index (Phi) is 6.08. The van der Waals surface area contributed by atoms with Crippen molar-refractivity contribution in [2.45, 2.75) is 27.0 Å². The van der Waals surface area contributed by atoms with Crippen LogP contribution in [0.3, 0.4) is 0 Å². The van der Waals surface area contributed by atoms with Crippen LogP contribution in [0.5, 0.6) is 5.75 Å². The molecule has 1 amide bonds. The standard InChI is InChI=1S/C23H21FN4O2S/c1-15-25-8-9-28(15)22-7-6-17(10-21(22)24)12-26-23(29)18-4-3-5-20(11-18)30-13-19-14-31-16(2)27-19/h3-11,14H,12-13H2,1-2H3,(H,26,29). The van der Waals surface area contributed by atoms with Gasteiger partial charge >= 0.3 is 0 Å².